The summed E-state index contributed by atoms with van der Waals surface area (Å²) in [5.41, 5.74) is 4.59. The van der Waals surface area contributed by atoms with Crippen LogP contribution in [-0.4, -0.2) is 11.1 Å². The van der Waals surface area contributed by atoms with Crippen LogP contribution in [0.3, 0.4) is 0 Å². The lowest BCUT2D eigenvalue weighted by Gasteiger charge is -2.17. The minimum atomic E-state index is -0.237. The number of thioether (sulfide) groups is 1. The van der Waals surface area contributed by atoms with Gasteiger partial charge in [-0.3, -0.25) is 9.69 Å². The standard InChI is InChI=1S/C31H21BrCl4N2O2S/c1-17-3-8-23(14-25(17)34)37-31-38(24-9-4-18(2)26(35)15-24)30(39)29(41-31)12-20-11-21(32)6-10-28(20)40-16-19-5-7-22(33)13-27(19)36/h3-15H,16H2,1-2H3/b29-12+,37-31?. The number of halogens is 5. The van der Waals surface area contributed by atoms with Crippen LogP contribution < -0.4 is 9.64 Å². The topological polar surface area (TPSA) is 41.9 Å². The first-order valence-electron chi connectivity index (χ1n) is 12.3. The molecule has 0 aliphatic carbocycles. The third-order valence-corrected chi connectivity index (χ3v) is 9.12. The van der Waals surface area contributed by atoms with Gasteiger partial charge in [-0.15, -0.1) is 0 Å². The highest BCUT2D eigenvalue weighted by molar-refractivity contribution is 9.10. The van der Waals surface area contributed by atoms with Crippen molar-refractivity contribution in [3.63, 3.8) is 0 Å². The second-order valence-electron chi connectivity index (χ2n) is 9.22. The fourth-order valence-electron chi connectivity index (χ4n) is 3.96. The zero-order valence-corrected chi connectivity index (χ0v) is 27.1. The number of carbonyl (C=O) groups is 1. The number of ether oxygens (including phenoxy) is 1. The van der Waals surface area contributed by atoms with Crippen molar-refractivity contribution in [1.29, 1.82) is 0 Å². The van der Waals surface area contributed by atoms with Crippen LogP contribution in [0.2, 0.25) is 20.1 Å². The molecule has 0 bridgehead atoms. The van der Waals surface area contributed by atoms with Crippen molar-refractivity contribution in [2.24, 2.45) is 4.99 Å². The van der Waals surface area contributed by atoms with E-state index < -0.39 is 0 Å². The molecule has 1 fully saturated rings. The molecule has 0 N–H and O–H groups in total. The van der Waals surface area contributed by atoms with Gasteiger partial charge in [-0.25, -0.2) is 4.99 Å². The van der Waals surface area contributed by atoms with E-state index in [1.54, 1.807) is 35.2 Å². The number of hydrogen-bond donors (Lipinski definition) is 0. The highest BCUT2D eigenvalue weighted by atomic mass is 79.9. The van der Waals surface area contributed by atoms with Gasteiger partial charge in [-0.1, -0.05) is 80.5 Å². The van der Waals surface area contributed by atoms with E-state index in [9.17, 15) is 4.79 Å². The second kappa shape index (κ2) is 12.8. The normalized spacial score (nSPS) is 15.3. The Kier molecular flexibility index (Phi) is 9.39. The van der Waals surface area contributed by atoms with Gasteiger partial charge in [0, 0.05) is 35.7 Å². The van der Waals surface area contributed by atoms with Gasteiger partial charge in [0.15, 0.2) is 5.17 Å². The lowest BCUT2D eigenvalue weighted by molar-refractivity contribution is -0.113. The Morgan fingerprint density at radius 1 is 0.878 bits per heavy atom. The van der Waals surface area contributed by atoms with Crippen LogP contribution in [-0.2, 0) is 11.4 Å². The zero-order chi connectivity index (χ0) is 29.3. The zero-order valence-electron chi connectivity index (χ0n) is 21.7. The molecule has 41 heavy (non-hydrogen) atoms. The van der Waals surface area contributed by atoms with E-state index >= 15 is 0 Å². The van der Waals surface area contributed by atoms with Crippen LogP contribution in [0.4, 0.5) is 11.4 Å². The van der Waals surface area contributed by atoms with Gasteiger partial charge in [0.05, 0.1) is 16.3 Å². The van der Waals surface area contributed by atoms with Gasteiger partial charge in [0.25, 0.3) is 5.91 Å². The maximum atomic E-state index is 13.9. The maximum absolute atomic E-state index is 13.9. The lowest BCUT2D eigenvalue weighted by Crippen LogP contribution is -2.28. The minimum absolute atomic E-state index is 0.226. The van der Waals surface area contributed by atoms with Crippen LogP contribution >= 0.6 is 74.1 Å². The molecule has 1 aliphatic heterocycles. The predicted octanol–water partition coefficient (Wildman–Crippen LogP) is 11.1. The molecule has 1 heterocycles. The highest BCUT2D eigenvalue weighted by Crippen LogP contribution is 2.40. The fraction of sp³-hybridized carbons (Fsp3) is 0.0968. The molecule has 1 amide bonds. The van der Waals surface area contributed by atoms with Crippen LogP contribution in [0.15, 0.2) is 87.2 Å². The Labute approximate surface area is 271 Å². The quantitative estimate of drug-likeness (QED) is 0.187. The van der Waals surface area contributed by atoms with Crippen molar-refractivity contribution in [3.8, 4) is 5.75 Å². The fourth-order valence-corrected chi connectivity index (χ4v) is 6.14. The first-order chi connectivity index (χ1) is 19.6. The number of rotatable bonds is 6. The van der Waals surface area contributed by atoms with Gasteiger partial charge in [-0.05, 0) is 97.4 Å². The summed E-state index contributed by atoms with van der Waals surface area (Å²) in [7, 11) is 0. The summed E-state index contributed by atoms with van der Waals surface area (Å²) in [5.74, 6) is 0.347. The van der Waals surface area contributed by atoms with Crippen molar-refractivity contribution in [3.05, 3.63) is 125 Å². The molecule has 0 saturated carbocycles. The average molecular weight is 707 g/mol. The van der Waals surface area contributed by atoms with Gasteiger partial charge in [0.1, 0.15) is 12.4 Å². The van der Waals surface area contributed by atoms with E-state index in [-0.39, 0.29) is 12.5 Å². The van der Waals surface area contributed by atoms with Crippen LogP contribution in [0, 0.1) is 13.8 Å². The highest BCUT2D eigenvalue weighted by Gasteiger charge is 2.35. The molecule has 4 nitrogen and oxygen atoms in total. The van der Waals surface area contributed by atoms with Gasteiger partial charge < -0.3 is 4.74 Å². The summed E-state index contributed by atoms with van der Waals surface area (Å²) < 4.78 is 6.98. The molecular weight excluding hydrogens is 686 g/mol. The molecule has 0 unspecified atom stereocenters. The van der Waals surface area contributed by atoms with Crippen molar-refractivity contribution >= 4 is 103 Å². The van der Waals surface area contributed by atoms with Gasteiger partial charge in [-0.2, -0.15) is 0 Å². The number of anilines is 1. The lowest BCUT2D eigenvalue weighted by atomic mass is 10.1. The summed E-state index contributed by atoms with van der Waals surface area (Å²) in [6, 6.07) is 21.9. The molecule has 0 radical (unpaired) electrons. The number of carbonyl (C=O) groups excluding carboxylic acids is 1. The summed E-state index contributed by atoms with van der Waals surface area (Å²) in [6.45, 7) is 4.06. The van der Waals surface area contributed by atoms with Crippen LogP contribution in [0.25, 0.3) is 6.08 Å². The van der Waals surface area contributed by atoms with E-state index in [0.717, 1.165) is 21.2 Å². The monoisotopic (exact) mass is 704 g/mol. The van der Waals surface area contributed by atoms with Crippen LogP contribution in [0.1, 0.15) is 22.3 Å². The molecule has 5 rings (SSSR count). The number of benzene rings is 4. The Balaban J connectivity index is 1.53. The van der Waals surface area contributed by atoms with E-state index in [0.29, 0.717) is 52.9 Å². The van der Waals surface area contributed by atoms with Gasteiger partial charge >= 0.3 is 0 Å². The van der Waals surface area contributed by atoms with Gasteiger partial charge in [0.2, 0.25) is 0 Å². The maximum Gasteiger partial charge on any atom is 0.271 e. The molecule has 208 valence electrons. The number of aliphatic imine (C=N–C) groups is 1. The minimum Gasteiger partial charge on any atom is -0.488 e. The number of amidine groups is 1. The SMILES string of the molecule is Cc1ccc(N=C2S/C(=C/c3cc(Br)ccc3OCc3ccc(Cl)cc3Cl)C(=O)N2c2ccc(C)c(Cl)c2)cc1Cl. The molecule has 0 atom stereocenters. The Bertz CT molecular complexity index is 1740. The van der Waals surface area contributed by atoms with E-state index in [1.165, 1.54) is 11.8 Å². The Morgan fingerprint density at radius 3 is 2.32 bits per heavy atom. The summed E-state index contributed by atoms with van der Waals surface area (Å²) in [5, 5.41) is 2.69. The first-order valence-corrected chi connectivity index (χ1v) is 15.4. The molecule has 0 aromatic heterocycles. The number of amides is 1. The average Bonchev–Trinajstić information content (AvgIpc) is 3.22. The summed E-state index contributed by atoms with van der Waals surface area (Å²) in [6.07, 6.45) is 1.80. The van der Waals surface area contributed by atoms with E-state index in [1.807, 2.05) is 62.4 Å². The molecule has 4 aromatic rings. The summed E-state index contributed by atoms with van der Waals surface area (Å²) in [4.78, 5) is 20.7. The van der Waals surface area contributed by atoms with E-state index in [4.69, 9.17) is 56.1 Å². The molecule has 10 heteroatoms. The molecular formula is C31H21BrCl4N2O2S. The molecule has 1 aliphatic rings. The smallest absolute Gasteiger partial charge is 0.271 e. The first kappa shape index (κ1) is 30.0. The molecule has 1 saturated heterocycles. The van der Waals surface area contributed by atoms with Crippen molar-refractivity contribution in [2.75, 3.05) is 4.90 Å². The largest absolute Gasteiger partial charge is 0.488 e. The van der Waals surface area contributed by atoms with E-state index in [2.05, 4.69) is 15.9 Å². The third-order valence-electron chi connectivity index (χ3n) is 6.26. The molecule has 4 aromatic carbocycles. The molecule has 0 spiro atoms. The number of hydrogen-bond acceptors (Lipinski definition) is 4. The van der Waals surface area contributed by atoms with Crippen molar-refractivity contribution in [1.82, 2.24) is 0 Å². The summed E-state index contributed by atoms with van der Waals surface area (Å²) >= 11 is 30.0. The number of nitrogens with zero attached hydrogens (tertiary/aromatic N) is 2. The predicted molar refractivity (Wildman–Crippen MR) is 177 cm³/mol. The second-order valence-corrected chi connectivity index (χ2v) is 12.8. The third kappa shape index (κ3) is 6.96. The Morgan fingerprint density at radius 2 is 1.61 bits per heavy atom. The van der Waals surface area contributed by atoms with Crippen molar-refractivity contribution < 1.29 is 9.53 Å². The van der Waals surface area contributed by atoms with Crippen molar-refractivity contribution in [2.45, 2.75) is 20.5 Å². The Hall–Kier alpha value is -2.45. The van der Waals surface area contributed by atoms with Crippen LogP contribution in [0.5, 0.6) is 5.75 Å². The number of aryl methyl sites for hydroxylation is 2.